The van der Waals surface area contributed by atoms with Crippen LogP contribution in [0.3, 0.4) is 0 Å². The molecule has 1 unspecified atom stereocenters. The third-order valence-corrected chi connectivity index (χ3v) is 3.71. The number of aliphatic hydroxyl groups is 1. The number of allylic oxidation sites excluding steroid dienone is 2. The van der Waals surface area contributed by atoms with Crippen molar-refractivity contribution in [3.8, 4) is 0 Å². The summed E-state index contributed by atoms with van der Waals surface area (Å²) in [6.07, 6.45) is 4.94. The minimum atomic E-state index is -0.641. The van der Waals surface area contributed by atoms with Crippen molar-refractivity contribution in [2.75, 3.05) is 0 Å². The molecule has 0 aromatic rings. The number of hydrogen-bond acceptors (Lipinski definition) is 1. The highest BCUT2D eigenvalue weighted by molar-refractivity contribution is 5.36. The Labute approximate surface area is 100 Å². The van der Waals surface area contributed by atoms with Crippen LogP contribution in [0.4, 0.5) is 0 Å². The fraction of sp³-hybridized carbons (Fsp3) is 0.733. The first-order valence-corrected chi connectivity index (χ1v) is 6.42. The molecule has 1 N–H and O–H groups in total. The van der Waals surface area contributed by atoms with E-state index in [-0.39, 0.29) is 5.92 Å². The van der Waals surface area contributed by atoms with Gasteiger partial charge in [0.25, 0.3) is 0 Å². The van der Waals surface area contributed by atoms with Gasteiger partial charge in [0, 0.05) is 6.42 Å². The van der Waals surface area contributed by atoms with Crippen LogP contribution in [0.2, 0.25) is 0 Å². The van der Waals surface area contributed by atoms with Gasteiger partial charge in [-0.2, -0.15) is 0 Å². The van der Waals surface area contributed by atoms with Crippen molar-refractivity contribution in [1.29, 1.82) is 0 Å². The molecule has 0 saturated heterocycles. The Kier molecular flexibility index (Phi) is 4.01. The fourth-order valence-corrected chi connectivity index (χ4v) is 2.30. The zero-order chi connectivity index (χ0) is 12.5. The second kappa shape index (κ2) is 4.75. The first-order chi connectivity index (χ1) is 7.28. The lowest BCUT2D eigenvalue weighted by atomic mass is 9.74. The SMILES string of the molecule is CC(C)C1=C(C(C)C)CC(O)(C(C)C)C=C1. The van der Waals surface area contributed by atoms with Crippen LogP contribution < -0.4 is 0 Å². The first kappa shape index (κ1) is 13.5. The normalized spacial score (nSPS) is 26.4. The van der Waals surface area contributed by atoms with E-state index in [0.717, 1.165) is 6.42 Å². The maximum Gasteiger partial charge on any atom is 0.0890 e. The summed E-state index contributed by atoms with van der Waals surface area (Å²) >= 11 is 0. The Morgan fingerprint density at radius 2 is 1.62 bits per heavy atom. The minimum Gasteiger partial charge on any atom is -0.385 e. The largest absolute Gasteiger partial charge is 0.385 e. The van der Waals surface area contributed by atoms with Gasteiger partial charge in [0.15, 0.2) is 0 Å². The summed E-state index contributed by atoms with van der Waals surface area (Å²) in [5, 5.41) is 10.5. The molecule has 1 nitrogen and oxygen atoms in total. The monoisotopic (exact) mass is 222 g/mol. The summed E-state index contributed by atoms with van der Waals surface area (Å²) in [4.78, 5) is 0. The second-order valence-electron chi connectivity index (χ2n) is 5.95. The number of hydrogen-bond donors (Lipinski definition) is 1. The van der Waals surface area contributed by atoms with Crippen molar-refractivity contribution in [2.24, 2.45) is 17.8 Å². The Hall–Kier alpha value is -0.560. The first-order valence-electron chi connectivity index (χ1n) is 6.42. The standard InChI is InChI=1S/C15H26O/c1-10(2)13-7-8-15(16,12(5)6)9-14(13)11(3)4/h7-8,10-12,16H,9H2,1-6H3. The smallest absolute Gasteiger partial charge is 0.0890 e. The van der Waals surface area contributed by atoms with Crippen LogP contribution >= 0.6 is 0 Å². The molecule has 0 aromatic carbocycles. The van der Waals surface area contributed by atoms with Crippen molar-refractivity contribution in [3.05, 3.63) is 23.3 Å². The summed E-state index contributed by atoms with van der Waals surface area (Å²) in [7, 11) is 0. The van der Waals surface area contributed by atoms with Crippen LogP contribution in [-0.4, -0.2) is 10.7 Å². The summed E-state index contributed by atoms with van der Waals surface area (Å²) in [5.41, 5.74) is 2.20. The quantitative estimate of drug-likeness (QED) is 0.767. The molecule has 16 heavy (non-hydrogen) atoms. The predicted molar refractivity (Wildman–Crippen MR) is 70.2 cm³/mol. The molecule has 1 atom stereocenters. The van der Waals surface area contributed by atoms with Gasteiger partial charge >= 0.3 is 0 Å². The molecule has 1 aliphatic carbocycles. The van der Waals surface area contributed by atoms with Crippen molar-refractivity contribution in [3.63, 3.8) is 0 Å². The van der Waals surface area contributed by atoms with Crippen LogP contribution in [-0.2, 0) is 0 Å². The zero-order valence-corrected chi connectivity index (χ0v) is 11.5. The second-order valence-corrected chi connectivity index (χ2v) is 5.95. The molecule has 1 heteroatoms. The minimum absolute atomic E-state index is 0.270. The molecule has 92 valence electrons. The lowest BCUT2D eigenvalue weighted by Gasteiger charge is -2.36. The molecule has 0 saturated carbocycles. The van der Waals surface area contributed by atoms with Crippen molar-refractivity contribution in [2.45, 2.75) is 53.6 Å². The van der Waals surface area contributed by atoms with E-state index < -0.39 is 5.60 Å². The molecule has 0 fully saturated rings. The van der Waals surface area contributed by atoms with Gasteiger partial charge in [0.05, 0.1) is 5.60 Å². The van der Waals surface area contributed by atoms with Gasteiger partial charge in [-0.25, -0.2) is 0 Å². The van der Waals surface area contributed by atoms with Gasteiger partial charge in [-0.05, 0) is 23.3 Å². The maximum atomic E-state index is 10.5. The fourth-order valence-electron chi connectivity index (χ4n) is 2.30. The summed E-state index contributed by atoms with van der Waals surface area (Å²) < 4.78 is 0. The molecular formula is C15H26O. The number of rotatable bonds is 3. The van der Waals surface area contributed by atoms with E-state index in [4.69, 9.17) is 0 Å². The molecule has 0 spiro atoms. The van der Waals surface area contributed by atoms with E-state index >= 15 is 0 Å². The van der Waals surface area contributed by atoms with Crippen molar-refractivity contribution in [1.82, 2.24) is 0 Å². The third-order valence-electron chi connectivity index (χ3n) is 3.71. The summed E-state index contributed by atoms with van der Waals surface area (Å²) in [6, 6.07) is 0. The van der Waals surface area contributed by atoms with Gasteiger partial charge in [0.1, 0.15) is 0 Å². The highest BCUT2D eigenvalue weighted by Gasteiger charge is 2.33. The van der Waals surface area contributed by atoms with Gasteiger partial charge in [-0.15, -0.1) is 0 Å². The van der Waals surface area contributed by atoms with Crippen molar-refractivity contribution >= 4 is 0 Å². The van der Waals surface area contributed by atoms with Crippen LogP contribution in [0.15, 0.2) is 23.3 Å². The highest BCUT2D eigenvalue weighted by atomic mass is 16.3. The predicted octanol–water partition coefficient (Wildman–Crippen LogP) is 3.94. The molecule has 0 aliphatic heterocycles. The topological polar surface area (TPSA) is 20.2 Å². The zero-order valence-electron chi connectivity index (χ0n) is 11.5. The van der Waals surface area contributed by atoms with E-state index in [9.17, 15) is 5.11 Å². The van der Waals surface area contributed by atoms with Gasteiger partial charge in [-0.1, -0.05) is 59.3 Å². The molecule has 1 rings (SSSR count). The van der Waals surface area contributed by atoms with E-state index in [1.54, 1.807) is 0 Å². The van der Waals surface area contributed by atoms with E-state index in [1.807, 2.05) is 6.08 Å². The van der Waals surface area contributed by atoms with Gasteiger partial charge in [-0.3, -0.25) is 0 Å². The molecule has 1 aliphatic rings. The molecule has 0 bridgehead atoms. The van der Waals surface area contributed by atoms with Crippen LogP contribution in [0.5, 0.6) is 0 Å². The van der Waals surface area contributed by atoms with E-state index in [0.29, 0.717) is 11.8 Å². The molecule has 0 radical (unpaired) electrons. The Bertz CT molecular complexity index is 307. The Balaban J connectivity index is 3.08. The van der Waals surface area contributed by atoms with Crippen LogP contribution in [0, 0.1) is 17.8 Å². The lowest BCUT2D eigenvalue weighted by molar-refractivity contribution is 0.0396. The Morgan fingerprint density at radius 3 is 2.00 bits per heavy atom. The Morgan fingerprint density at radius 1 is 1.06 bits per heavy atom. The summed E-state index contributed by atoms with van der Waals surface area (Å²) in [5.74, 6) is 1.34. The maximum absolute atomic E-state index is 10.5. The highest BCUT2D eigenvalue weighted by Crippen LogP contribution is 2.38. The summed E-state index contributed by atoms with van der Waals surface area (Å²) in [6.45, 7) is 13.1. The lowest BCUT2D eigenvalue weighted by Crippen LogP contribution is -2.36. The average Bonchev–Trinajstić information content (AvgIpc) is 2.16. The van der Waals surface area contributed by atoms with Gasteiger partial charge < -0.3 is 5.11 Å². The van der Waals surface area contributed by atoms with Gasteiger partial charge in [0.2, 0.25) is 0 Å². The third kappa shape index (κ3) is 2.57. The molecular weight excluding hydrogens is 196 g/mol. The van der Waals surface area contributed by atoms with Crippen LogP contribution in [0.1, 0.15) is 48.0 Å². The van der Waals surface area contributed by atoms with E-state index in [1.165, 1.54) is 11.1 Å². The molecule has 0 heterocycles. The average molecular weight is 222 g/mol. The van der Waals surface area contributed by atoms with Crippen LogP contribution in [0.25, 0.3) is 0 Å². The molecule has 0 amide bonds. The van der Waals surface area contributed by atoms with Crippen molar-refractivity contribution < 1.29 is 5.11 Å². The molecule has 0 aromatic heterocycles. The van der Waals surface area contributed by atoms with E-state index in [2.05, 4.69) is 47.6 Å².